The van der Waals surface area contributed by atoms with Crippen LogP contribution >= 0.6 is 0 Å². The van der Waals surface area contributed by atoms with Gasteiger partial charge in [0.05, 0.1) is 12.6 Å². The molecule has 2 atom stereocenters. The first-order valence-electron chi connectivity index (χ1n) is 3.17. The normalized spacial score (nSPS) is 39.9. The summed E-state index contributed by atoms with van der Waals surface area (Å²) in [6, 6.07) is -0.400. The highest BCUT2D eigenvalue weighted by Gasteiger charge is 2.42. The van der Waals surface area contributed by atoms with E-state index in [0.717, 1.165) is 0 Å². The zero-order valence-corrected chi connectivity index (χ0v) is 5.72. The second-order valence-electron chi connectivity index (χ2n) is 2.75. The van der Waals surface area contributed by atoms with Crippen molar-refractivity contribution < 1.29 is 14.3 Å². The van der Waals surface area contributed by atoms with E-state index >= 15 is 0 Å². The van der Waals surface area contributed by atoms with Crippen molar-refractivity contribution >= 4 is 5.91 Å². The molecule has 1 saturated heterocycles. The maximum absolute atomic E-state index is 12.9. The largest absolute Gasteiger partial charge is 0.394 e. The summed E-state index contributed by atoms with van der Waals surface area (Å²) in [6.45, 7) is 1.03. The van der Waals surface area contributed by atoms with E-state index in [4.69, 9.17) is 5.11 Å². The van der Waals surface area contributed by atoms with Crippen molar-refractivity contribution in [2.75, 3.05) is 6.61 Å². The van der Waals surface area contributed by atoms with Crippen LogP contribution in [0.4, 0.5) is 4.39 Å². The van der Waals surface area contributed by atoms with Crippen LogP contribution in [-0.2, 0) is 4.79 Å². The number of nitrogens with one attached hydrogen (secondary N) is 1. The lowest BCUT2D eigenvalue weighted by Crippen LogP contribution is -2.32. The van der Waals surface area contributed by atoms with Gasteiger partial charge in [0, 0.05) is 6.42 Å². The van der Waals surface area contributed by atoms with Crippen molar-refractivity contribution in [2.45, 2.75) is 25.1 Å². The van der Waals surface area contributed by atoms with Gasteiger partial charge in [-0.05, 0) is 6.92 Å². The zero-order chi connectivity index (χ0) is 7.78. The van der Waals surface area contributed by atoms with Gasteiger partial charge in [0.25, 0.3) is 5.91 Å². The van der Waals surface area contributed by atoms with Crippen molar-refractivity contribution in [1.82, 2.24) is 5.32 Å². The SMILES string of the molecule is C[C@]1(F)CC(CO)NC1=O. The maximum atomic E-state index is 12.9. The van der Waals surface area contributed by atoms with Crippen LogP contribution in [0, 0.1) is 0 Å². The molecule has 1 rings (SSSR count). The summed E-state index contributed by atoms with van der Waals surface area (Å²) in [5.41, 5.74) is -1.78. The van der Waals surface area contributed by atoms with Crippen LogP contribution in [0.5, 0.6) is 0 Å². The van der Waals surface area contributed by atoms with Crippen LogP contribution in [0.2, 0.25) is 0 Å². The molecular weight excluding hydrogens is 137 g/mol. The van der Waals surface area contributed by atoms with E-state index in [1.165, 1.54) is 6.92 Å². The van der Waals surface area contributed by atoms with Crippen LogP contribution in [0.25, 0.3) is 0 Å². The topological polar surface area (TPSA) is 49.3 Å². The number of carbonyl (C=O) groups is 1. The fourth-order valence-electron chi connectivity index (χ4n) is 1.05. The first-order chi connectivity index (χ1) is 4.56. The van der Waals surface area contributed by atoms with Crippen molar-refractivity contribution in [3.63, 3.8) is 0 Å². The maximum Gasteiger partial charge on any atom is 0.257 e. The van der Waals surface area contributed by atoms with Crippen LogP contribution in [0.15, 0.2) is 0 Å². The highest BCUT2D eigenvalue weighted by atomic mass is 19.1. The third-order valence-corrected chi connectivity index (χ3v) is 1.66. The highest BCUT2D eigenvalue weighted by Crippen LogP contribution is 2.23. The summed E-state index contributed by atoms with van der Waals surface area (Å²) in [5, 5.41) is 10.9. The van der Waals surface area contributed by atoms with Gasteiger partial charge in [-0.3, -0.25) is 4.79 Å². The summed E-state index contributed by atoms with van der Waals surface area (Å²) >= 11 is 0. The Morgan fingerprint density at radius 2 is 2.60 bits per heavy atom. The number of carbonyl (C=O) groups excluding carboxylic acids is 1. The molecule has 0 spiro atoms. The minimum absolute atomic E-state index is 0.0718. The molecule has 1 unspecified atom stereocenters. The first kappa shape index (κ1) is 7.47. The number of aliphatic hydroxyl groups is 1. The molecule has 0 aromatic heterocycles. The van der Waals surface area contributed by atoms with Gasteiger partial charge >= 0.3 is 0 Å². The molecule has 1 aliphatic rings. The second kappa shape index (κ2) is 2.20. The molecule has 10 heavy (non-hydrogen) atoms. The molecule has 1 heterocycles. The fourth-order valence-corrected chi connectivity index (χ4v) is 1.05. The van der Waals surface area contributed by atoms with Gasteiger partial charge in [0.2, 0.25) is 0 Å². The standard InChI is InChI=1S/C6H10FNO2/c1-6(7)2-4(3-9)8-5(6)10/h4,9H,2-3H2,1H3,(H,8,10)/t4?,6-/m0/s1. The molecule has 1 aliphatic heterocycles. The van der Waals surface area contributed by atoms with Crippen molar-refractivity contribution in [3.05, 3.63) is 0 Å². The number of rotatable bonds is 1. The lowest BCUT2D eigenvalue weighted by molar-refractivity contribution is -0.128. The molecule has 4 heteroatoms. The lowest BCUT2D eigenvalue weighted by atomic mass is 10.1. The van der Waals surface area contributed by atoms with E-state index in [-0.39, 0.29) is 13.0 Å². The monoisotopic (exact) mass is 147 g/mol. The van der Waals surface area contributed by atoms with Gasteiger partial charge < -0.3 is 10.4 Å². The summed E-state index contributed by atoms with van der Waals surface area (Å²) in [5.74, 6) is -0.619. The number of hydrogen-bond acceptors (Lipinski definition) is 2. The zero-order valence-electron chi connectivity index (χ0n) is 5.72. The molecule has 1 amide bonds. The average molecular weight is 147 g/mol. The third kappa shape index (κ3) is 1.11. The smallest absolute Gasteiger partial charge is 0.257 e. The van der Waals surface area contributed by atoms with Crippen LogP contribution < -0.4 is 5.32 Å². The highest BCUT2D eigenvalue weighted by molar-refractivity contribution is 5.87. The van der Waals surface area contributed by atoms with Gasteiger partial charge in [-0.25, -0.2) is 4.39 Å². The van der Waals surface area contributed by atoms with Gasteiger partial charge in [0.1, 0.15) is 0 Å². The average Bonchev–Trinajstić information content (AvgIpc) is 2.08. The van der Waals surface area contributed by atoms with Crippen molar-refractivity contribution in [2.24, 2.45) is 0 Å². The van der Waals surface area contributed by atoms with Crippen LogP contribution in [-0.4, -0.2) is 29.3 Å². The lowest BCUT2D eigenvalue weighted by Gasteiger charge is -2.06. The van der Waals surface area contributed by atoms with E-state index in [2.05, 4.69) is 5.32 Å². The molecule has 58 valence electrons. The number of amides is 1. The Morgan fingerprint density at radius 1 is 2.00 bits per heavy atom. The van der Waals surface area contributed by atoms with Gasteiger partial charge in [-0.15, -0.1) is 0 Å². The Labute approximate surface area is 58.2 Å². The minimum atomic E-state index is -1.78. The van der Waals surface area contributed by atoms with E-state index in [1.54, 1.807) is 0 Å². The Bertz CT molecular complexity index is 158. The van der Waals surface area contributed by atoms with E-state index in [0.29, 0.717) is 0 Å². The van der Waals surface area contributed by atoms with Gasteiger partial charge in [-0.2, -0.15) is 0 Å². The molecule has 3 nitrogen and oxygen atoms in total. The predicted molar refractivity (Wildman–Crippen MR) is 33.1 cm³/mol. The van der Waals surface area contributed by atoms with Crippen molar-refractivity contribution in [3.8, 4) is 0 Å². The quantitative estimate of drug-likeness (QED) is 0.530. The first-order valence-corrected chi connectivity index (χ1v) is 3.17. The number of hydrogen-bond donors (Lipinski definition) is 2. The molecule has 0 radical (unpaired) electrons. The number of alkyl halides is 1. The second-order valence-corrected chi connectivity index (χ2v) is 2.75. The summed E-state index contributed by atoms with van der Waals surface area (Å²) in [7, 11) is 0. The molecule has 2 N–H and O–H groups in total. The van der Waals surface area contributed by atoms with Gasteiger partial charge in [-0.1, -0.05) is 0 Å². The number of aliphatic hydroxyl groups excluding tert-OH is 1. The molecular formula is C6H10FNO2. The van der Waals surface area contributed by atoms with E-state index in [9.17, 15) is 9.18 Å². The Morgan fingerprint density at radius 3 is 2.80 bits per heavy atom. The third-order valence-electron chi connectivity index (χ3n) is 1.66. The van der Waals surface area contributed by atoms with Crippen molar-refractivity contribution in [1.29, 1.82) is 0 Å². The molecule has 0 aromatic carbocycles. The summed E-state index contributed by atoms with van der Waals surface area (Å²) < 4.78 is 12.9. The van der Waals surface area contributed by atoms with Crippen LogP contribution in [0.3, 0.4) is 0 Å². The molecule has 1 fully saturated rings. The Hall–Kier alpha value is -0.640. The van der Waals surface area contributed by atoms with E-state index in [1.807, 2.05) is 0 Å². The van der Waals surface area contributed by atoms with Gasteiger partial charge in [0.15, 0.2) is 5.67 Å². The molecule has 0 aromatic rings. The predicted octanol–water partition coefficient (Wildman–Crippen LogP) is -0.405. The summed E-state index contributed by atoms with van der Waals surface area (Å²) in [6.07, 6.45) is 0.0718. The Balaban J connectivity index is 2.62. The Kier molecular flexibility index (Phi) is 1.64. The molecule has 0 aliphatic carbocycles. The van der Waals surface area contributed by atoms with Crippen LogP contribution in [0.1, 0.15) is 13.3 Å². The fraction of sp³-hybridized carbons (Fsp3) is 0.833. The molecule has 0 saturated carbocycles. The molecule has 0 bridgehead atoms. The number of halogens is 1. The van der Waals surface area contributed by atoms with E-state index < -0.39 is 17.6 Å². The minimum Gasteiger partial charge on any atom is -0.394 e. The summed E-state index contributed by atoms with van der Waals surface area (Å²) in [4.78, 5) is 10.7.